The van der Waals surface area contributed by atoms with E-state index in [9.17, 15) is 18.0 Å². The SMILES string of the molecule is CCOC(=O)N1CCN(S(=O)(=O)c2ccc(C(=O)N3CCC(COc4nc5ccc(OC)cc5s4)CC3)cc2)CC1. The Bertz CT molecular complexity index is 1480. The summed E-state index contributed by atoms with van der Waals surface area (Å²) in [5.41, 5.74) is 1.33. The molecule has 0 aliphatic carbocycles. The summed E-state index contributed by atoms with van der Waals surface area (Å²) in [6.07, 6.45) is 1.20. The lowest BCUT2D eigenvalue weighted by Crippen LogP contribution is -2.50. The second-order valence-electron chi connectivity index (χ2n) is 9.97. The van der Waals surface area contributed by atoms with Crippen molar-refractivity contribution < 1.29 is 32.2 Å². The van der Waals surface area contributed by atoms with E-state index < -0.39 is 16.1 Å². The standard InChI is InChI=1S/C28H34N4O7S2/c1-3-38-28(34)31-14-16-32(17-15-31)41(35,36)23-7-4-21(5-8-23)26(33)30-12-10-20(11-13-30)19-39-27-29-24-9-6-22(37-2)18-25(24)40-27/h4-9,18,20H,3,10-17,19H2,1-2H3. The molecule has 0 saturated carbocycles. The van der Waals surface area contributed by atoms with Crippen LogP contribution in [0.3, 0.4) is 0 Å². The van der Waals surface area contributed by atoms with Crippen molar-refractivity contribution in [2.75, 3.05) is 59.6 Å². The fourth-order valence-electron chi connectivity index (χ4n) is 4.99. The summed E-state index contributed by atoms with van der Waals surface area (Å²) in [5.74, 6) is 0.987. The van der Waals surface area contributed by atoms with E-state index in [4.69, 9.17) is 14.2 Å². The van der Waals surface area contributed by atoms with Crippen LogP contribution in [-0.4, -0.2) is 99.1 Å². The molecule has 3 heterocycles. The van der Waals surface area contributed by atoms with Crippen LogP contribution in [0, 0.1) is 5.92 Å². The van der Waals surface area contributed by atoms with Crippen molar-refractivity contribution in [2.24, 2.45) is 5.92 Å². The first kappa shape index (κ1) is 29.1. The minimum absolute atomic E-state index is 0.114. The molecule has 11 nitrogen and oxygen atoms in total. The molecule has 5 rings (SSSR count). The van der Waals surface area contributed by atoms with Crippen molar-refractivity contribution in [2.45, 2.75) is 24.7 Å². The Hall–Kier alpha value is -3.42. The van der Waals surface area contributed by atoms with Gasteiger partial charge in [0.25, 0.3) is 11.1 Å². The number of ether oxygens (including phenoxy) is 3. The molecule has 220 valence electrons. The summed E-state index contributed by atoms with van der Waals surface area (Å²) in [4.78, 5) is 33.0. The van der Waals surface area contributed by atoms with E-state index in [2.05, 4.69) is 4.98 Å². The number of hydrogen-bond donors (Lipinski definition) is 0. The minimum atomic E-state index is -3.73. The van der Waals surface area contributed by atoms with Crippen LogP contribution >= 0.6 is 11.3 Å². The van der Waals surface area contributed by atoms with E-state index in [-0.39, 0.29) is 43.6 Å². The Kier molecular flexibility index (Phi) is 8.95. The van der Waals surface area contributed by atoms with Crippen LogP contribution < -0.4 is 9.47 Å². The molecule has 1 aromatic heterocycles. The Balaban J connectivity index is 1.11. The number of methoxy groups -OCH3 is 1. The number of thiazole rings is 1. The lowest BCUT2D eigenvalue weighted by atomic mass is 9.97. The smallest absolute Gasteiger partial charge is 0.409 e. The number of piperidine rings is 1. The molecule has 2 saturated heterocycles. The number of benzene rings is 2. The van der Waals surface area contributed by atoms with E-state index in [1.807, 2.05) is 18.2 Å². The van der Waals surface area contributed by atoms with Gasteiger partial charge in [-0.1, -0.05) is 11.3 Å². The van der Waals surface area contributed by atoms with Crippen LogP contribution in [0.1, 0.15) is 30.1 Å². The Morgan fingerprint density at radius 2 is 1.68 bits per heavy atom. The summed E-state index contributed by atoms with van der Waals surface area (Å²) in [5, 5.41) is 0.627. The van der Waals surface area contributed by atoms with E-state index in [0.29, 0.717) is 36.4 Å². The van der Waals surface area contributed by atoms with E-state index in [1.54, 1.807) is 31.1 Å². The number of fused-ring (bicyclic) bond motifs is 1. The lowest BCUT2D eigenvalue weighted by molar-refractivity contribution is 0.0661. The first-order valence-corrected chi connectivity index (χ1v) is 15.9. The minimum Gasteiger partial charge on any atom is -0.497 e. The van der Waals surface area contributed by atoms with Crippen molar-refractivity contribution in [3.05, 3.63) is 48.0 Å². The van der Waals surface area contributed by atoms with Crippen LogP contribution in [0.4, 0.5) is 4.79 Å². The van der Waals surface area contributed by atoms with Crippen molar-refractivity contribution in [3.63, 3.8) is 0 Å². The van der Waals surface area contributed by atoms with Gasteiger partial charge in [-0.15, -0.1) is 0 Å². The van der Waals surface area contributed by atoms with Crippen LogP contribution in [0.25, 0.3) is 10.2 Å². The number of nitrogens with zero attached hydrogens (tertiary/aromatic N) is 4. The predicted octanol–water partition coefficient (Wildman–Crippen LogP) is 3.70. The van der Waals surface area contributed by atoms with Gasteiger partial charge in [-0.25, -0.2) is 18.2 Å². The Morgan fingerprint density at radius 3 is 2.34 bits per heavy atom. The molecule has 2 amide bonds. The molecular formula is C28H34N4O7S2. The number of carbonyl (C=O) groups is 2. The average molecular weight is 603 g/mol. The molecule has 41 heavy (non-hydrogen) atoms. The van der Waals surface area contributed by atoms with E-state index in [0.717, 1.165) is 28.8 Å². The number of carbonyl (C=O) groups excluding carboxylic acids is 2. The molecule has 0 radical (unpaired) electrons. The first-order valence-electron chi connectivity index (χ1n) is 13.7. The van der Waals surface area contributed by atoms with Gasteiger partial charge < -0.3 is 24.0 Å². The van der Waals surface area contributed by atoms with Gasteiger partial charge in [0.05, 0.1) is 35.4 Å². The second kappa shape index (κ2) is 12.6. The number of piperazine rings is 1. The summed E-state index contributed by atoms with van der Waals surface area (Å²) < 4.78 is 44.9. The molecule has 2 fully saturated rings. The quantitative estimate of drug-likeness (QED) is 0.383. The third kappa shape index (κ3) is 6.57. The topological polar surface area (TPSA) is 119 Å². The molecule has 0 spiro atoms. The molecule has 2 aromatic carbocycles. The zero-order valence-corrected chi connectivity index (χ0v) is 24.8. The van der Waals surface area contributed by atoms with Gasteiger partial charge in [0, 0.05) is 44.8 Å². The first-order chi connectivity index (χ1) is 19.8. The highest BCUT2D eigenvalue weighted by Gasteiger charge is 2.31. The zero-order chi connectivity index (χ0) is 29.0. The predicted molar refractivity (Wildman–Crippen MR) is 154 cm³/mol. The highest BCUT2D eigenvalue weighted by molar-refractivity contribution is 7.89. The fourth-order valence-corrected chi connectivity index (χ4v) is 7.27. The highest BCUT2D eigenvalue weighted by Crippen LogP contribution is 2.31. The fraction of sp³-hybridized carbons (Fsp3) is 0.464. The number of rotatable bonds is 8. The third-order valence-electron chi connectivity index (χ3n) is 7.42. The molecule has 2 aliphatic rings. The molecule has 0 atom stereocenters. The summed E-state index contributed by atoms with van der Waals surface area (Å²) in [6, 6.07) is 11.8. The number of hydrogen-bond acceptors (Lipinski definition) is 9. The van der Waals surface area contributed by atoms with Gasteiger partial charge in [0.15, 0.2) is 0 Å². The van der Waals surface area contributed by atoms with Crippen LogP contribution in [0.15, 0.2) is 47.4 Å². The third-order valence-corrected chi connectivity index (χ3v) is 10.3. The monoisotopic (exact) mass is 602 g/mol. The van der Waals surface area contributed by atoms with Gasteiger partial charge in [0.1, 0.15) is 5.75 Å². The van der Waals surface area contributed by atoms with Crippen LogP contribution in [0.2, 0.25) is 0 Å². The number of sulfonamides is 1. The normalized spacial score (nSPS) is 17.0. The molecular weight excluding hydrogens is 568 g/mol. The van der Waals surface area contributed by atoms with E-state index >= 15 is 0 Å². The van der Waals surface area contributed by atoms with Gasteiger partial charge in [-0.3, -0.25) is 4.79 Å². The van der Waals surface area contributed by atoms with Gasteiger partial charge in [0.2, 0.25) is 10.0 Å². The lowest BCUT2D eigenvalue weighted by Gasteiger charge is -2.33. The van der Waals surface area contributed by atoms with Gasteiger partial charge in [-0.05, 0) is 68.1 Å². The van der Waals surface area contributed by atoms with Crippen molar-refractivity contribution >= 4 is 43.6 Å². The van der Waals surface area contributed by atoms with Gasteiger partial charge in [-0.2, -0.15) is 4.31 Å². The molecule has 0 unspecified atom stereocenters. The number of likely N-dealkylation sites (tertiary alicyclic amines) is 1. The van der Waals surface area contributed by atoms with Crippen molar-refractivity contribution in [3.8, 4) is 10.9 Å². The Morgan fingerprint density at radius 1 is 0.976 bits per heavy atom. The molecule has 0 bridgehead atoms. The number of aromatic nitrogens is 1. The maximum Gasteiger partial charge on any atom is 0.409 e. The summed E-state index contributed by atoms with van der Waals surface area (Å²) in [7, 11) is -2.10. The molecule has 0 N–H and O–H groups in total. The van der Waals surface area contributed by atoms with Crippen molar-refractivity contribution in [1.82, 2.24) is 19.1 Å². The maximum atomic E-state index is 13.1. The highest BCUT2D eigenvalue weighted by atomic mass is 32.2. The second-order valence-corrected chi connectivity index (χ2v) is 12.9. The number of amides is 2. The maximum absolute atomic E-state index is 13.1. The average Bonchev–Trinajstić information content (AvgIpc) is 3.42. The zero-order valence-electron chi connectivity index (χ0n) is 23.2. The summed E-state index contributed by atoms with van der Waals surface area (Å²) in [6.45, 7) is 4.67. The molecule has 13 heteroatoms. The summed E-state index contributed by atoms with van der Waals surface area (Å²) >= 11 is 1.49. The molecule has 2 aliphatic heterocycles. The van der Waals surface area contributed by atoms with Gasteiger partial charge >= 0.3 is 6.09 Å². The van der Waals surface area contributed by atoms with Crippen molar-refractivity contribution in [1.29, 1.82) is 0 Å². The largest absolute Gasteiger partial charge is 0.497 e. The van der Waals surface area contributed by atoms with Crippen LogP contribution in [-0.2, 0) is 14.8 Å². The Labute approximate surface area is 243 Å². The van der Waals surface area contributed by atoms with Crippen LogP contribution in [0.5, 0.6) is 10.9 Å². The van der Waals surface area contributed by atoms with E-state index in [1.165, 1.54) is 32.7 Å². The molecule has 3 aromatic rings.